The Morgan fingerprint density at radius 1 is 1.38 bits per heavy atom. The minimum Gasteiger partial charge on any atom is -0.507 e. The number of methoxy groups -OCH3 is 1. The zero-order valence-electron chi connectivity index (χ0n) is 9.96. The Kier molecular flexibility index (Phi) is 3.64. The van der Waals surface area contributed by atoms with Crippen LogP contribution in [0.5, 0.6) is 17.2 Å². The van der Waals surface area contributed by atoms with E-state index in [0.29, 0.717) is 16.9 Å². The molecule has 0 aliphatic heterocycles. The lowest BCUT2D eigenvalue weighted by Crippen LogP contribution is -1.90. The number of ether oxygens (including phenoxy) is 1. The van der Waals surface area contributed by atoms with E-state index < -0.39 is 0 Å². The summed E-state index contributed by atoms with van der Waals surface area (Å²) in [5.74, 6) is 0.412. The van der Waals surface area contributed by atoms with Gasteiger partial charge in [0.1, 0.15) is 5.75 Å². The highest BCUT2D eigenvalue weighted by molar-refractivity contribution is 5.66. The summed E-state index contributed by atoms with van der Waals surface area (Å²) < 4.78 is 4.99. The summed E-state index contributed by atoms with van der Waals surface area (Å²) in [5, 5.41) is 19.5. The molecule has 2 N–H and O–H groups in total. The molecule has 0 aromatic heterocycles. The summed E-state index contributed by atoms with van der Waals surface area (Å²) in [4.78, 5) is 0. The maximum Gasteiger partial charge on any atom is 0.167 e. The van der Waals surface area contributed by atoms with Crippen molar-refractivity contribution in [2.75, 3.05) is 7.11 Å². The summed E-state index contributed by atoms with van der Waals surface area (Å²) in [5.41, 5.74) is 5.01. The Bertz CT molecular complexity index is 463. The fourth-order valence-electron chi connectivity index (χ4n) is 1.39. The standard InChI is InChI=1S/C13H16O3/c1-8(2)5-6-10-7-11(14)13(16-4)9(3)12(10)15/h6-7,14-15H,1-4H3. The molecule has 0 radical (unpaired) electrons. The first-order chi connectivity index (χ1) is 7.47. The van der Waals surface area contributed by atoms with Crippen molar-refractivity contribution in [3.8, 4) is 17.2 Å². The maximum absolute atomic E-state index is 9.88. The molecule has 3 nitrogen and oxygen atoms in total. The minimum atomic E-state index is 0.0135. The van der Waals surface area contributed by atoms with Gasteiger partial charge < -0.3 is 14.9 Å². The monoisotopic (exact) mass is 220 g/mol. The lowest BCUT2D eigenvalue weighted by Gasteiger charge is -2.10. The number of hydrogen-bond donors (Lipinski definition) is 2. The van der Waals surface area contributed by atoms with E-state index in [0.717, 1.165) is 5.57 Å². The van der Waals surface area contributed by atoms with E-state index in [4.69, 9.17) is 4.74 Å². The highest BCUT2D eigenvalue weighted by Crippen LogP contribution is 2.38. The van der Waals surface area contributed by atoms with Crippen LogP contribution in [0.4, 0.5) is 0 Å². The van der Waals surface area contributed by atoms with Crippen LogP contribution in [0.3, 0.4) is 0 Å². The number of aromatic hydroxyl groups is 2. The molecule has 1 aromatic carbocycles. The molecule has 86 valence electrons. The van der Waals surface area contributed by atoms with Gasteiger partial charge in [-0.1, -0.05) is 0 Å². The fraction of sp³-hybridized carbons (Fsp3) is 0.308. The first kappa shape index (κ1) is 12.2. The largest absolute Gasteiger partial charge is 0.507 e. The van der Waals surface area contributed by atoms with Crippen LogP contribution in [-0.2, 0) is 0 Å². The lowest BCUT2D eigenvalue weighted by molar-refractivity contribution is 0.364. The summed E-state index contributed by atoms with van der Waals surface area (Å²) in [6.45, 7) is 5.50. The van der Waals surface area contributed by atoms with Crippen molar-refractivity contribution in [3.63, 3.8) is 0 Å². The van der Waals surface area contributed by atoms with E-state index >= 15 is 0 Å². The molecule has 0 saturated heterocycles. The van der Waals surface area contributed by atoms with Gasteiger partial charge in [0.2, 0.25) is 0 Å². The Labute approximate surface area is 95.3 Å². The molecule has 0 bridgehead atoms. The predicted molar refractivity (Wildman–Crippen MR) is 63.9 cm³/mol. The van der Waals surface area contributed by atoms with Crippen molar-refractivity contribution in [1.29, 1.82) is 0 Å². The third-order valence-corrected chi connectivity index (χ3v) is 2.21. The molecule has 1 aromatic rings. The van der Waals surface area contributed by atoms with Crippen molar-refractivity contribution in [2.24, 2.45) is 0 Å². The van der Waals surface area contributed by atoms with E-state index in [1.54, 1.807) is 13.0 Å². The molecule has 16 heavy (non-hydrogen) atoms. The molecule has 0 saturated carbocycles. The molecule has 0 spiro atoms. The van der Waals surface area contributed by atoms with E-state index in [2.05, 4.69) is 5.73 Å². The molecular weight excluding hydrogens is 204 g/mol. The maximum atomic E-state index is 9.88. The van der Waals surface area contributed by atoms with Gasteiger partial charge >= 0.3 is 0 Å². The molecular formula is C13H16O3. The van der Waals surface area contributed by atoms with Crippen LogP contribution >= 0.6 is 0 Å². The van der Waals surface area contributed by atoms with Crippen molar-refractivity contribution < 1.29 is 14.9 Å². The molecule has 0 atom stereocenters. The molecule has 0 fully saturated rings. The van der Waals surface area contributed by atoms with Crippen LogP contribution < -0.4 is 4.74 Å². The van der Waals surface area contributed by atoms with Gasteiger partial charge in [-0.25, -0.2) is 0 Å². The van der Waals surface area contributed by atoms with Gasteiger partial charge in [0.15, 0.2) is 11.5 Å². The zero-order valence-corrected chi connectivity index (χ0v) is 9.96. The Hall–Kier alpha value is -1.86. The Morgan fingerprint density at radius 3 is 2.50 bits per heavy atom. The SMILES string of the molecule is COc1c(O)cc(C=C=C(C)C)c(O)c1C. The van der Waals surface area contributed by atoms with Crippen LogP contribution in [0.1, 0.15) is 25.0 Å². The van der Waals surface area contributed by atoms with E-state index in [-0.39, 0.29) is 11.5 Å². The van der Waals surface area contributed by atoms with E-state index in [1.165, 1.54) is 13.2 Å². The molecule has 0 aliphatic carbocycles. The fourth-order valence-corrected chi connectivity index (χ4v) is 1.39. The van der Waals surface area contributed by atoms with E-state index in [1.807, 2.05) is 13.8 Å². The number of hydrogen-bond acceptors (Lipinski definition) is 3. The average molecular weight is 220 g/mol. The van der Waals surface area contributed by atoms with Gasteiger partial charge in [0, 0.05) is 11.1 Å². The second kappa shape index (κ2) is 4.77. The van der Waals surface area contributed by atoms with Gasteiger partial charge in [0.05, 0.1) is 7.11 Å². The van der Waals surface area contributed by atoms with Crippen LogP contribution in [0, 0.1) is 6.92 Å². The molecule has 0 amide bonds. The number of benzene rings is 1. The predicted octanol–water partition coefficient (Wildman–Crippen LogP) is 2.99. The van der Waals surface area contributed by atoms with Crippen molar-refractivity contribution in [3.05, 3.63) is 28.5 Å². The highest BCUT2D eigenvalue weighted by Gasteiger charge is 2.12. The van der Waals surface area contributed by atoms with Crippen LogP contribution in [0.25, 0.3) is 6.08 Å². The van der Waals surface area contributed by atoms with Crippen LogP contribution in [0.15, 0.2) is 17.4 Å². The lowest BCUT2D eigenvalue weighted by atomic mass is 10.1. The average Bonchev–Trinajstić information content (AvgIpc) is 2.22. The number of rotatable bonds is 2. The third-order valence-electron chi connectivity index (χ3n) is 2.21. The van der Waals surface area contributed by atoms with Crippen molar-refractivity contribution in [1.82, 2.24) is 0 Å². The molecule has 3 heteroatoms. The van der Waals surface area contributed by atoms with Gasteiger partial charge in [-0.3, -0.25) is 0 Å². The summed E-state index contributed by atoms with van der Waals surface area (Å²) in [6, 6.07) is 1.46. The second-order valence-electron chi connectivity index (χ2n) is 3.78. The van der Waals surface area contributed by atoms with Crippen molar-refractivity contribution >= 4 is 6.08 Å². The highest BCUT2D eigenvalue weighted by atomic mass is 16.5. The number of phenols is 2. The summed E-state index contributed by atoms with van der Waals surface area (Å²) in [6.07, 6.45) is 1.64. The Balaban J connectivity index is 3.40. The smallest absolute Gasteiger partial charge is 0.167 e. The topological polar surface area (TPSA) is 49.7 Å². The third kappa shape index (κ3) is 2.38. The van der Waals surface area contributed by atoms with E-state index in [9.17, 15) is 10.2 Å². The molecule has 0 aliphatic rings. The van der Waals surface area contributed by atoms with Crippen LogP contribution in [0.2, 0.25) is 0 Å². The first-order valence-corrected chi connectivity index (χ1v) is 4.96. The van der Waals surface area contributed by atoms with Gasteiger partial charge in [-0.05, 0) is 38.5 Å². The summed E-state index contributed by atoms with van der Waals surface area (Å²) >= 11 is 0. The number of phenolic OH excluding ortho intramolecular Hbond substituents is 2. The minimum absolute atomic E-state index is 0.0135. The van der Waals surface area contributed by atoms with Gasteiger partial charge in [0.25, 0.3) is 0 Å². The van der Waals surface area contributed by atoms with Crippen LogP contribution in [-0.4, -0.2) is 17.3 Å². The molecule has 0 heterocycles. The summed E-state index contributed by atoms with van der Waals surface area (Å²) in [7, 11) is 1.45. The second-order valence-corrected chi connectivity index (χ2v) is 3.78. The first-order valence-electron chi connectivity index (χ1n) is 4.96. The normalized spacial score (nSPS) is 9.50. The van der Waals surface area contributed by atoms with Gasteiger partial charge in [-0.2, -0.15) is 0 Å². The molecule has 1 rings (SSSR count). The van der Waals surface area contributed by atoms with Gasteiger partial charge in [-0.15, -0.1) is 5.73 Å². The zero-order chi connectivity index (χ0) is 12.3. The Morgan fingerprint density at radius 2 is 2.00 bits per heavy atom. The quantitative estimate of drug-likeness (QED) is 0.595. The van der Waals surface area contributed by atoms with Crippen molar-refractivity contribution in [2.45, 2.75) is 20.8 Å². The molecule has 0 unspecified atom stereocenters. The number of allylic oxidation sites excluding steroid dienone is 1.